The number of carbonyl (C=O) groups excluding carboxylic acids is 2. The molecule has 1 spiro atoms. The van der Waals surface area contributed by atoms with Crippen LogP contribution in [0.2, 0.25) is 0 Å². The van der Waals surface area contributed by atoms with E-state index in [4.69, 9.17) is 4.52 Å². The van der Waals surface area contributed by atoms with Gasteiger partial charge < -0.3 is 25.0 Å². The third-order valence-electron chi connectivity index (χ3n) is 5.04. The number of amides is 2. The summed E-state index contributed by atoms with van der Waals surface area (Å²) in [6.45, 7) is 1.70. The van der Waals surface area contributed by atoms with Crippen molar-refractivity contribution in [2.24, 2.45) is 0 Å². The Bertz CT molecular complexity index is 871. The summed E-state index contributed by atoms with van der Waals surface area (Å²) in [5.41, 5.74) is 1.05. The van der Waals surface area contributed by atoms with Gasteiger partial charge in [-0.1, -0.05) is 17.3 Å². The Morgan fingerprint density at radius 1 is 1.30 bits per heavy atom. The minimum atomic E-state index is -0.633. The van der Waals surface area contributed by atoms with E-state index in [-0.39, 0.29) is 24.2 Å². The number of para-hydroxylation sites is 2. The van der Waals surface area contributed by atoms with Crippen LogP contribution < -0.4 is 15.5 Å². The van der Waals surface area contributed by atoms with Crippen LogP contribution in [-0.2, 0) is 11.3 Å². The normalized spacial score (nSPS) is 18.1. The third kappa shape index (κ3) is 3.03. The minimum Gasteiger partial charge on any atom is -0.369 e. The molecule has 0 saturated carbocycles. The smallest absolute Gasteiger partial charge is 0.316 e. The van der Waals surface area contributed by atoms with Crippen LogP contribution >= 0.6 is 0 Å². The number of nitrogens with one attached hydrogen (secondary N) is 2. The number of anilines is 2. The SMILES string of the molecule is CN(C)C(=O)c1nc(CN2C(=O)C3(CCNCC3)Nc3ccccc32)no1. The number of piperidine rings is 1. The Morgan fingerprint density at radius 3 is 2.78 bits per heavy atom. The summed E-state index contributed by atoms with van der Waals surface area (Å²) in [5.74, 6) is -0.152. The molecular weight excluding hydrogens is 348 g/mol. The first-order chi connectivity index (χ1) is 13.0. The van der Waals surface area contributed by atoms with E-state index in [0.29, 0.717) is 18.7 Å². The van der Waals surface area contributed by atoms with Crippen LogP contribution in [0.5, 0.6) is 0 Å². The average Bonchev–Trinajstić information content (AvgIpc) is 3.14. The lowest BCUT2D eigenvalue weighted by molar-refractivity contribution is -0.124. The van der Waals surface area contributed by atoms with Crippen molar-refractivity contribution in [3.63, 3.8) is 0 Å². The molecule has 2 aliphatic rings. The van der Waals surface area contributed by atoms with Crippen LogP contribution in [0.1, 0.15) is 29.4 Å². The van der Waals surface area contributed by atoms with Gasteiger partial charge in [-0.05, 0) is 38.1 Å². The lowest BCUT2D eigenvalue weighted by Gasteiger charge is -2.45. The summed E-state index contributed by atoms with van der Waals surface area (Å²) in [6.07, 6.45) is 1.40. The van der Waals surface area contributed by atoms with Crippen molar-refractivity contribution < 1.29 is 14.1 Å². The summed E-state index contributed by atoms with van der Waals surface area (Å²) >= 11 is 0. The van der Waals surface area contributed by atoms with Gasteiger partial charge in [0, 0.05) is 14.1 Å². The number of nitrogens with zero attached hydrogens (tertiary/aromatic N) is 4. The summed E-state index contributed by atoms with van der Waals surface area (Å²) in [4.78, 5) is 32.6. The molecule has 0 atom stereocenters. The van der Waals surface area contributed by atoms with Gasteiger partial charge in [0.15, 0.2) is 5.82 Å². The molecular formula is C18H22N6O3. The van der Waals surface area contributed by atoms with E-state index in [1.54, 1.807) is 19.0 Å². The van der Waals surface area contributed by atoms with Gasteiger partial charge in [-0.2, -0.15) is 4.98 Å². The van der Waals surface area contributed by atoms with E-state index in [9.17, 15) is 9.59 Å². The maximum absolute atomic E-state index is 13.4. The predicted octanol–water partition coefficient (Wildman–Crippen LogP) is 0.852. The number of hydrogen-bond acceptors (Lipinski definition) is 7. The number of rotatable bonds is 3. The molecule has 1 aromatic carbocycles. The Hall–Kier alpha value is -2.94. The van der Waals surface area contributed by atoms with Crippen LogP contribution in [0.3, 0.4) is 0 Å². The van der Waals surface area contributed by atoms with Crippen molar-refractivity contribution in [3.8, 4) is 0 Å². The molecule has 1 saturated heterocycles. The van der Waals surface area contributed by atoms with Gasteiger partial charge in [-0.15, -0.1) is 0 Å². The van der Waals surface area contributed by atoms with Gasteiger partial charge in [0.05, 0.1) is 17.9 Å². The summed E-state index contributed by atoms with van der Waals surface area (Å²) in [7, 11) is 3.23. The van der Waals surface area contributed by atoms with Crippen molar-refractivity contribution in [1.29, 1.82) is 0 Å². The van der Waals surface area contributed by atoms with E-state index < -0.39 is 5.54 Å². The molecule has 1 aromatic heterocycles. The van der Waals surface area contributed by atoms with Crippen molar-refractivity contribution in [2.45, 2.75) is 24.9 Å². The van der Waals surface area contributed by atoms with Crippen LogP contribution in [0.15, 0.2) is 28.8 Å². The number of aromatic nitrogens is 2. The summed E-state index contributed by atoms with van der Waals surface area (Å²) in [6, 6.07) is 7.69. The molecule has 2 N–H and O–H groups in total. The standard InChI is InChI=1S/C18H22N6O3/c1-23(2)16(25)15-20-14(22-27-15)11-24-13-6-4-3-5-12(13)21-18(17(24)26)7-9-19-10-8-18/h3-6,19,21H,7-11H2,1-2H3. The second kappa shape index (κ2) is 6.66. The van der Waals surface area contributed by atoms with Gasteiger partial charge in [0.2, 0.25) is 0 Å². The minimum absolute atomic E-state index is 0.00649. The number of hydrogen-bond donors (Lipinski definition) is 2. The molecule has 2 aliphatic heterocycles. The quantitative estimate of drug-likeness (QED) is 0.825. The highest BCUT2D eigenvalue weighted by Crippen LogP contribution is 2.39. The number of fused-ring (bicyclic) bond motifs is 1. The molecule has 9 heteroatoms. The topological polar surface area (TPSA) is 104 Å². The maximum atomic E-state index is 13.4. The molecule has 3 heterocycles. The first-order valence-electron chi connectivity index (χ1n) is 8.94. The van der Waals surface area contributed by atoms with Crippen LogP contribution in [0, 0.1) is 0 Å². The van der Waals surface area contributed by atoms with E-state index in [1.807, 2.05) is 24.3 Å². The molecule has 27 heavy (non-hydrogen) atoms. The fourth-order valence-corrected chi connectivity index (χ4v) is 3.58. The van der Waals surface area contributed by atoms with Crippen LogP contribution in [0.25, 0.3) is 0 Å². The lowest BCUT2D eigenvalue weighted by Crippen LogP contribution is -2.61. The van der Waals surface area contributed by atoms with Gasteiger partial charge >= 0.3 is 11.8 Å². The molecule has 142 valence electrons. The van der Waals surface area contributed by atoms with Gasteiger partial charge in [0.25, 0.3) is 5.91 Å². The Labute approximate surface area is 156 Å². The summed E-state index contributed by atoms with van der Waals surface area (Å²) in [5, 5.41) is 10.7. The van der Waals surface area contributed by atoms with Crippen molar-refractivity contribution in [2.75, 3.05) is 37.4 Å². The van der Waals surface area contributed by atoms with Crippen molar-refractivity contribution in [1.82, 2.24) is 20.4 Å². The summed E-state index contributed by atoms with van der Waals surface area (Å²) < 4.78 is 5.07. The highest BCUT2D eigenvalue weighted by molar-refractivity contribution is 6.07. The van der Waals surface area contributed by atoms with Crippen LogP contribution in [-0.4, -0.2) is 59.6 Å². The maximum Gasteiger partial charge on any atom is 0.316 e. The predicted molar refractivity (Wildman–Crippen MR) is 98.4 cm³/mol. The fourth-order valence-electron chi connectivity index (χ4n) is 3.58. The molecule has 9 nitrogen and oxygen atoms in total. The highest BCUT2D eigenvalue weighted by atomic mass is 16.5. The molecule has 0 bridgehead atoms. The van der Waals surface area contributed by atoms with Crippen LogP contribution in [0.4, 0.5) is 11.4 Å². The fraction of sp³-hybridized carbons (Fsp3) is 0.444. The first kappa shape index (κ1) is 17.5. The van der Waals surface area contributed by atoms with E-state index in [2.05, 4.69) is 20.8 Å². The monoisotopic (exact) mass is 370 g/mol. The Kier molecular flexibility index (Phi) is 4.31. The molecule has 0 aliphatic carbocycles. The van der Waals surface area contributed by atoms with Crippen molar-refractivity contribution >= 4 is 23.2 Å². The zero-order valence-electron chi connectivity index (χ0n) is 15.4. The van der Waals surface area contributed by atoms with E-state index in [0.717, 1.165) is 24.5 Å². The van der Waals surface area contributed by atoms with Gasteiger partial charge in [-0.3, -0.25) is 9.59 Å². The number of carbonyl (C=O) groups is 2. The molecule has 2 amide bonds. The Balaban J connectivity index is 1.66. The van der Waals surface area contributed by atoms with E-state index >= 15 is 0 Å². The molecule has 0 unspecified atom stereocenters. The molecule has 2 aromatic rings. The molecule has 4 rings (SSSR count). The van der Waals surface area contributed by atoms with Crippen molar-refractivity contribution in [3.05, 3.63) is 36.0 Å². The Morgan fingerprint density at radius 2 is 2.04 bits per heavy atom. The second-order valence-corrected chi connectivity index (χ2v) is 7.08. The van der Waals surface area contributed by atoms with E-state index in [1.165, 1.54) is 4.90 Å². The molecule has 0 radical (unpaired) electrons. The second-order valence-electron chi connectivity index (χ2n) is 7.08. The number of benzene rings is 1. The third-order valence-corrected chi connectivity index (χ3v) is 5.04. The highest BCUT2D eigenvalue weighted by Gasteiger charge is 2.46. The van der Waals surface area contributed by atoms with Gasteiger partial charge in [0.1, 0.15) is 5.54 Å². The lowest BCUT2D eigenvalue weighted by atomic mass is 9.84. The average molecular weight is 370 g/mol. The molecule has 1 fully saturated rings. The van der Waals surface area contributed by atoms with Gasteiger partial charge in [-0.25, -0.2) is 0 Å². The largest absolute Gasteiger partial charge is 0.369 e. The first-order valence-corrected chi connectivity index (χ1v) is 8.94. The zero-order valence-corrected chi connectivity index (χ0v) is 15.4. The zero-order chi connectivity index (χ0) is 19.0.